The summed E-state index contributed by atoms with van der Waals surface area (Å²) in [4.78, 5) is 29.6. The summed E-state index contributed by atoms with van der Waals surface area (Å²) in [5, 5.41) is 6.47. The zero-order valence-electron chi connectivity index (χ0n) is 18.5. The van der Waals surface area contributed by atoms with Gasteiger partial charge < -0.3 is 15.4 Å². The minimum Gasteiger partial charge on any atom is -0.463 e. The van der Waals surface area contributed by atoms with Gasteiger partial charge in [-0.2, -0.15) is 0 Å². The molecule has 32 heavy (non-hydrogen) atoms. The maximum Gasteiger partial charge on any atom is 0.338 e. The summed E-state index contributed by atoms with van der Waals surface area (Å²) in [7, 11) is 0. The molecular weight excluding hydrogens is 429 g/mol. The van der Waals surface area contributed by atoms with Crippen molar-refractivity contribution in [3.8, 4) is 0 Å². The summed E-state index contributed by atoms with van der Waals surface area (Å²) in [6, 6.07) is 10.9. The van der Waals surface area contributed by atoms with Gasteiger partial charge in [-0.25, -0.2) is 14.2 Å². The number of amides is 1. The molecule has 0 bridgehead atoms. The molecule has 0 aliphatic carbocycles. The molecule has 0 saturated heterocycles. The van der Waals surface area contributed by atoms with E-state index >= 15 is 0 Å². The maximum atomic E-state index is 13.4. The number of benzene rings is 2. The normalized spacial score (nSPS) is 15.7. The third-order valence-corrected chi connectivity index (χ3v) is 5.92. The van der Waals surface area contributed by atoms with Crippen LogP contribution in [0.5, 0.6) is 0 Å². The number of aryl methyl sites for hydroxylation is 2. The van der Waals surface area contributed by atoms with E-state index in [9.17, 15) is 14.0 Å². The Hall–Kier alpha value is -3.13. The van der Waals surface area contributed by atoms with Crippen LogP contribution in [-0.2, 0) is 14.3 Å². The average Bonchev–Trinajstić information content (AvgIpc) is 2.75. The number of halogens is 1. The molecule has 0 unspecified atom stereocenters. The van der Waals surface area contributed by atoms with Crippen molar-refractivity contribution in [1.29, 1.82) is 0 Å². The number of nitrogens with zero attached hydrogens (tertiary/aromatic N) is 1. The van der Waals surface area contributed by atoms with Gasteiger partial charge in [0.15, 0.2) is 5.17 Å². The Bertz CT molecular complexity index is 1080. The van der Waals surface area contributed by atoms with E-state index in [2.05, 4.69) is 15.6 Å². The average molecular weight is 456 g/mol. The van der Waals surface area contributed by atoms with Crippen molar-refractivity contribution in [3.63, 3.8) is 0 Å². The van der Waals surface area contributed by atoms with E-state index in [1.54, 1.807) is 26.0 Å². The Morgan fingerprint density at radius 2 is 1.84 bits per heavy atom. The second-order valence-corrected chi connectivity index (χ2v) is 8.37. The molecule has 1 aliphatic heterocycles. The van der Waals surface area contributed by atoms with Crippen molar-refractivity contribution in [1.82, 2.24) is 5.32 Å². The number of esters is 1. The maximum absolute atomic E-state index is 13.4. The van der Waals surface area contributed by atoms with E-state index < -0.39 is 12.0 Å². The minimum atomic E-state index is -0.652. The van der Waals surface area contributed by atoms with Gasteiger partial charge in [-0.3, -0.25) is 4.79 Å². The van der Waals surface area contributed by atoms with Gasteiger partial charge >= 0.3 is 5.97 Å². The van der Waals surface area contributed by atoms with Gasteiger partial charge in [-0.05, 0) is 68.7 Å². The number of nitrogens with one attached hydrogen (secondary N) is 2. The summed E-state index contributed by atoms with van der Waals surface area (Å²) >= 11 is 1.23. The molecule has 1 heterocycles. The van der Waals surface area contributed by atoms with Crippen LogP contribution in [0.15, 0.2) is 58.7 Å². The zero-order chi connectivity index (χ0) is 23.3. The lowest BCUT2D eigenvalue weighted by molar-refractivity contribution is -0.139. The highest BCUT2D eigenvalue weighted by molar-refractivity contribution is 8.14. The Kier molecular flexibility index (Phi) is 7.69. The van der Waals surface area contributed by atoms with Gasteiger partial charge in [0.25, 0.3) is 0 Å². The van der Waals surface area contributed by atoms with Crippen LogP contribution in [0.1, 0.15) is 36.6 Å². The van der Waals surface area contributed by atoms with Crippen LogP contribution in [0.25, 0.3) is 0 Å². The van der Waals surface area contributed by atoms with Crippen molar-refractivity contribution in [2.24, 2.45) is 4.99 Å². The first-order chi connectivity index (χ1) is 15.3. The summed E-state index contributed by atoms with van der Waals surface area (Å²) < 4.78 is 18.6. The van der Waals surface area contributed by atoms with Crippen LogP contribution in [0.3, 0.4) is 0 Å². The number of carbonyl (C=O) groups is 2. The second kappa shape index (κ2) is 10.5. The Labute approximate surface area is 191 Å². The van der Waals surface area contributed by atoms with Crippen molar-refractivity contribution in [2.75, 3.05) is 17.7 Å². The van der Waals surface area contributed by atoms with Crippen LogP contribution in [-0.4, -0.2) is 29.4 Å². The van der Waals surface area contributed by atoms with Crippen LogP contribution >= 0.6 is 11.8 Å². The summed E-state index contributed by atoms with van der Waals surface area (Å²) in [6.45, 7) is 7.73. The number of thioether (sulfide) groups is 1. The minimum absolute atomic E-state index is 0.136. The molecule has 0 radical (unpaired) electrons. The molecule has 1 aliphatic rings. The Morgan fingerprint density at radius 1 is 1.12 bits per heavy atom. The monoisotopic (exact) mass is 455 g/mol. The molecule has 3 rings (SSSR count). The third-order valence-electron chi connectivity index (χ3n) is 5.03. The van der Waals surface area contributed by atoms with Gasteiger partial charge in [-0.1, -0.05) is 30.0 Å². The smallest absolute Gasteiger partial charge is 0.338 e. The predicted octanol–water partition coefficient (Wildman–Crippen LogP) is 4.65. The molecule has 2 N–H and O–H groups in total. The van der Waals surface area contributed by atoms with Crippen molar-refractivity contribution in [2.45, 2.75) is 33.7 Å². The van der Waals surface area contributed by atoms with Crippen LogP contribution < -0.4 is 10.6 Å². The highest BCUT2D eigenvalue weighted by Gasteiger charge is 2.30. The highest BCUT2D eigenvalue weighted by Crippen LogP contribution is 2.33. The van der Waals surface area contributed by atoms with Crippen molar-refractivity contribution >= 4 is 34.5 Å². The van der Waals surface area contributed by atoms with Gasteiger partial charge in [0.05, 0.1) is 17.9 Å². The summed E-state index contributed by atoms with van der Waals surface area (Å²) in [5.74, 6) is -0.884. The van der Waals surface area contributed by atoms with Gasteiger partial charge in [-0.15, -0.1) is 0 Å². The van der Waals surface area contributed by atoms with Gasteiger partial charge in [0, 0.05) is 11.4 Å². The van der Waals surface area contributed by atoms with E-state index in [1.807, 2.05) is 32.0 Å². The number of hydrogen-bond acceptors (Lipinski definition) is 6. The molecule has 0 fully saturated rings. The number of amidine groups is 1. The molecule has 0 spiro atoms. The lowest BCUT2D eigenvalue weighted by Crippen LogP contribution is -2.31. The van der Waals surface area contributed by atoms with Gasteiger partial charge in [0.1, 0.15) is 11.9 Å². The number of ether oxygens (including phenoxy) is 1. The fourth-order valence-corrected chi connectivity index (χ4v) is 3.98. The summed E-state index contributed by atoms with van der Waals surface area (Å²) in [5.41, 5.74) is 4.61. The van der Waals surface area contributed by atoms with Crippen LogP contribution in [0.4, 0.5) is 10.1 Å². The molecule has 1 amide bonds. The van der Waals surface area contributed by atoms with E-state index in [4.69, 9.17) is 4.74 Å². The fraction of sp³-hybridized carbons (Fsp3) is 0.292. The SMILES string of the molecule is CCOC(=O)C1=C(C)NC(SCC(=O)Nc2ccc(C)c(C)c2)=N[C@@H]1c1ccc(F)cc1. The molecule has 1 atom stereocenters. The van der Waals surface area contributed by atoms with E-state index in [0.29, 0.717) is 22.0 Å². The molecule has 2 aromatic carbocycles. The van der Waals surface area contributed by atoms with E-state index in [-0.39, 0.29) is 24.1 Å². The van der Waals surface area contributed by atoms with Crippen molar-refractivity contribution in [3.05, 3.63) is 76.2 Å². The highest BCUT2D eigenvalue weighted by atomic mass is 32.2. The molecule has 8 heteroatoms. The standard InChI is InChI=1S/C24H26FN3O3S/c1-5-31-23(30)21-16(4)26-24(28-22(21)17-7-9-18(25)10-8-17)32-13-20(29)27-19-11-6-14(2)15(3)12-19/h6-12,22H,5,13H2,1-4H3,(H,26,28)(H,27,29)/t22-/m1/s1. The van der Waals surface area contributed by atoms with E-state index in [0.717, 1.165) is 16.8 Å². The Balaban J connectivity index is 1.75. The van der Waals surface area contributed by atoms with Crippen molar-refractivity contribution < 1.29 is 18.7 Å². The number of allylic oxidation sites excluding steroid dienone is 1. The van der Waals surface area contributed by atoms with Crippen LogP contribution in [0, 0.1) is 19.7 Å². The lowest BCUT2D eigenvalue weighted by Gasteiger charge is -2.25. The van der Waals surface area contributed by atoms with Crippen LogP contribution in [0.2, 0.25) is 0 Å². The topological polar surface area (TPSA) is 79.8 Å². The molecule has 0 aromatic heterocycles. The predicted molar refractivity (Wildman–Crippen MR) is 126 cm³/mol. The number of carbonyl (C=O) groups excluding carboxylic acids is 2. The first kappa shape index (κ1) is 23.5. The molecule has 2 aromatic rings. The zero-order valence-corrected chi connectivity index (χ0v) is 19.3. The number of hydrogen-bond donors (Lipinski definition) is 2. The van der Waals surface area contributed by atoms with E-state index in [1.165, 1.54) is 23.9 Å². The molecule has 0 saturated carbocycles. The first-order valence-corrected chi connectivity index (χ1v) is 11.2. The largest absolute Gasteiger partial charge is 0.463 e. The molecule has 168 valence electrons. The summed E-state index contributed by atoms with van der Waals surface area (Å²) in [6.07, 6.45) is 0. The third kappa shape index (κ3) is 5.76. The first-order valence-electron chi connectivity index (χ1n) is 10.3. The molecular formula is C24H26FN3O3S. The second-order valence-electron chi connectivity index (χ2n) is 7.41. The number of aliphatic imine (C=N–C) groups is 1. The quantitative estimate of drug-likeness (QED) is 0.620. The number of anilines is 1. The van der Waals surface area contributed by atoms with Gasteiger partial charge in [0.2, 0.25) is 5.91 Å². The number of rotatable bonds is 6. The lowest BCUT2D eigenvalue weighted by atomic mass is 9.96. The Morgan fingerprint density at radius 3 is 2.50 bits per heavy atom. The molecule has 6 nitrogen and oxygen atoms in total. The fourth-order valence-electron chi connectivity index (χ4n) is 3.23.